The van der Waals surface area contributed by atoms with Crippen LogP contribution in [0.15, 0.2) is 12.3 Å². The minimum atomic E-state index is -0.0844. The summed E-state index contributed by atoms with van der Waals surface area (Å²) in [5, 5.41) is 6.79. The van der Waals surface area contributed by atoms with Gasteiger partial charge in [-0.3, -0.25) is 9.48 Å². The first-order valence-corrected chi connectivity index (χ1v) is 5.11. The van der Waals surface area contributed by atoms with E-state index in [-0.39, 0.29) is 5.91 Å². The van der Waals surface area contributed by atoms with Crippen molar-refractivity contribution >= 4 is 5.91 Å². The number of hydrogen-bond donors (Lipinski definition) is 2. The van der Waals surface area contributed by atoms with Gasteiger partial charge in [0, 0.05) is 19.8 Å². The quantitative estimate of drug-likeness (QED) is 0.725. The fourth-order valence-corrected chi connectivity index (χ4v) is 1.34. The van der Waals surface area contributed by atoms with Gasteiger partial charge in [-0.15, -0.1) is 0 Å². The molecule has 1 aromatic rings. The summed E-state index contributed by atoms with van der Waals surface area (Å²) in [4.78, 5) is 11.6. The van der Waals surface area contributed by atoms with E-state index in [1.165, 1.54) is 0 Å². The highest BCUT2D eigenvalue weighted by atomic mass is 16.2. The van der Waals surface area contributed by atoms with Crippen LogP contribution in [-0.4, -0.2) is 28.8 Å². The number of nitrogens with zero attached hydrogens (tertiary/aromatic N) is 2. The summed E-state index contributed by atoms with van der Waals surface area (Å²) in [6, 6.07) is 1.70. The molecule has 0 fully saturated rings. The van der Waals surface area contributed by atoms with Crippen LogP contribution in [0.3, 0.4) is 0 Å². The average Bonchev–Trinajstić information content (AvgIpc) is 2.61. The second-order valence-electron chi connectivity index (χ2n) is 3.73. The maximum absolute atomic E-state index is 11.6. The molecule has 0 saturated carbocycles. The van der Waals surface area contributed by atoms with Crippen LogP contribution in [0.4, 0.5) is 0 Å². The molecule has 0 radical (unpaired) electrons. The number of aryl methyl sites for hydroxylation is 1. The molecule has 0 saturated heterocycles. The summed E-state index contributed by atoms with van der Waals surface area (Å²) in [5.41, 5.74) is 6.01. The van der Waals surface area contributed by atoms with E-state index >= 15 is 0 Å². The van der Waals surface area contributed by atoms with Crippen molar-refractivity contribution in [3.8, 4) is 0 Å². The Morgan fingerprint density at radius 3 is 3.00 bits per heavy atom. The molecule has 0 aliphatic rings. The third-order valence-corrected chi connectivity index (χ3v) is 2.32. The number of aromatic nitrogens is 2. The Balaban J connectivity index is 2.40. The Bertz CT molecular complexity index is 321. The van der Waals surface area contributed by atoms with Crippen LogP contribution in [0.25, 0.3) is 0 Å². The van der Waals surface area contributed by atoms with Gasteiger partial charge in [-0.1, -0.05) is 6.92 Å². The molecule has 0 aliphatic carbocycles. The Labute approximate surface area is 89.6 Å². The van der Waals surface area contributed by atoms with Crippen LogP contribution in [0.5, 0.6) is 0 Å². The fourth-order valence-electron chi connectivity index (χ4n) is 1.34. The van der Waals surface area contributed by atoms with Gasteiger partial charge in [0.1, 0.15) is 5.69 Å². The van der Waals surface area contributed by atoms with Crippen LogP contribution in [0.1, 0.15) is 23.8 Å². The highest BCUT2D eigenvalue weighted by Crippen LogP contribution is 2.00. The molecule has 0 aromatic carbocycles. The second-order valence-corrected chi connectivity index (χ2v) is 3.73. The smallest absolute Gasteiger partial charge is 0.269 e. The molecule has 84 valence electrons. The number of nitrogens with two attached hydrogens (primary N) is 1. The number of carbonyl (C=O) groups is 1. The first kappa shape index (κ1) is 11.7. The van der Waals surface area contributed by atoms with Crippen LogP contribution in [0.2, 0.25) is 0 Å². The molecule has 5 nitrogen and oxygen atoms in total. The highest BCUT2D eigenvalue weighted by Gasteiger charge is 2.10. The molecule has 5 heteroatoms. The van der Waals surface area contributed by atoms with Gasteiger partial charge in [0.25, 0.3) is 5.91 Å². The molecule has 1 atom stereocenters. The first-order valence-electron chi connectivity index (χ1n) is 5.11. The normalized spacial score (nSPS) is 12.5. The number of hydrogen-bond acceptors (Lipinski definition) is 3. The van der Waals surface area contributed by atoms with Crippen LogP contribution >= 0.6 is 0 Å². The van der Waals surface area contributed by atoms with Crippen LogP contribution in [-0.2, 0) is 7.05 Å². The van der Waals surface area contributed by atoms with Crippen LogP contribution in [0, 0.1) is 5.92 Å². The number of amides is 1. The Kier molecular flexibility index (Phi) is 4.30. The zero-order chi connectivity index (χ0) is 11.3. The van der Waals surface area contributed by atoms with Crippen molar-refractivity contribution in [2.45, 2.75) is 13.3 Å². The van der Waals surface area contributed by atoms with E-state index in [0.29, 0.717) is 24.7 Å². The molecule has 0 spiro atoms. The summed E-state index contributed by atoms with van der Waals surface area (Å²) < 4.78 is 1.56. The molecular weight excluding hydrogens is 192 g/mol. The SMILES string of the molecule is CC(CCN)CNC(=O)c1ccnn1C. The summed E-state index contributed by atoms with van der Waals surface area (Å²) in [5.74, 6) is 0.325. The first-order chi connectivity index (χ1) is 7.15. The zero-order valence-corrected chi connectivity index (χ0v) is 9.23. The largest absolute Gasteiger partial charge is 0.350 e. The molecule has 3 N–H and O–H groups in total. The number of rotatable bonds is 5. The van der Waals surface area contributed by atoms with E-state index in [2.05, 4.69) is 17.3 Å². The lowest BCUT2D eigenvalue weighted by Gasteiger charge is -2.11. The standard InChI is InChI=1S/C10H18N4O/c1-8(3-5-11)7-12-10(15)9-4-6-13-14(9)2/h4,6,8H,3,5,7,11H2,1-2H3,(H,12,15). The number of nitrogens with one attached hydrogen (secondary N) is 1. The molecule has 1 unspecified atom stereocenters. The molecule has 1 heterocycles. The summed E-state index contributed by atoms with van der Waals surface area (Å²) in [6.07, 6.45) is 2.53. The van der Waals surface area contributed by atoms with Gasteiger partial charge in [-0.25, -0.2) is 0 Å². The van der Waals surface area contributed by atoms with E-state index in [4.69, 9.17) is 5.73 Å². The zero-order valence-electron chi connectivity index (χ0n) is 9.23. The Morgan fingerprint density at radius 2 is 2.47 bits per heavy atom. The molecule has 1 aromatic heterocycles. The maximum Gasteiger partial charge on any atom is 0.269 e. The van der Waals surface area contributed by atoms with E-state index in [9.17, 15) is 4.79 Å². The maximum atomic E-state index is 11.6. The summed E-state index contributed by atoms with van der Waals surface area (Å²) in [7, 11) is 1.75. The fraction of sp³-hybridized carbons (Fsp3) is 0.600. The highest BCUT2D eigenvalue weighted by molar-refractivity contribution is 5.92. The Morgan fingerprint density at radius 1 is 1.73 bits per heavy atom. The van der Waals surface area contributed by atoms with Crippen molar-refractivity contribution in [3.05, 3.63) is 18.0 Å². The minimum absolute atomic E-state index is 0.0844. The Hall–Kier alpha value is -1.36. The van der Waals surface area contributed by atoms with Crippen molar-refractivity contribution in [1.29, 1.82) is 0 Å². The second kappa shape index (κ2) is 5.50. The lowest BCUT2D eigenvalue weighted by Crippen LogP contribution is -2.30. The van der Waals surface area contributed by atoms with E-state index in [0.717, 1.165) is 6.42 Å². The van der Waals surface area contributed by atoms with Gasteiger partial charge >= 0.3 is 0 Å². The third kappa shape index (κ3) is 3.36. The lowest BCUT2D eigenvalue weighted by molar-refractivity contribution is 0.0938. The minimum Gasteiger partial charge on any atom is -0.350 e. The van der Waals surface area contributed by atoms with Gasteiger partial charge < -0.3 is 11.1 Å². The van der Waals surface area contributed by atoms with Gasteiger partial charge in [0.05, 0.1) is 0 Å². The molecule has 0 bridgehead atoms. The summed E-state index contributed by atoms with van der Waals surface area (Å²) in [6.45, 7) is 3.38. The molecule has 0 aliphatic heterocycles. The predicted molar refractivity (Wildman–Crippen MR) is 58.4 cm³/mol. The molecule has 15 heavy (non-hydrogen) atoms. The van der Waals surface area contributed by atoms with Crippen LogP contribution < -0.4 is 11.1 Å². The van der Waals surface area contributed by atoms with E-state index < -0.39 is 0 Å². The topological polar surface area (TPSA) is 72.9 Å². The average molecular weight is 210 g/mol. The van der Waals surface area contributed by atoms with Gasteiger partial charge in [-0.05, 0) is 24.9 Å². The van der Waals surface area contributed by atoms with Crippen molar-refractivity contribution in [1.82, 2.24) is 15.1 Å². The molecule has 1 amide bonds. The molecule has 1 rings (SSSR count). The van der Waals surface area contributed by atoms with Gasteiger partial charge in [0.2, 0.25) is 0 Å². The van der Waals surface area contributed by atoms with E-state index in [1.807, 2.05) is 0 Å². The van der Waals surface area contributed by atoms with Gasteiger partial charge in [-0.2, -0.15) is 5.10 Å². The van der Waals surface area contributed by atoms with Crippen molar-refractivity contribution in [3.63, 3.8) is 0 Å². The third-order valence-electron chi connectivity index (χ3n) is 2.32. The van der Waals surface area contributed by atoms with Gasteiger partial charge in [0.15, 0.2) is 0 Å². The number of carbonyl (C=O) groups excluding carboxylic acids is 1. The lowest BCUT2D eigenvalue weighted by atomic mass is 10.1. The molecular formula is C10H18N4O. The predicted octanol–water partition coefficient (Wildman–Crippen LogP) is 0.135. The summed E-state index contributed by atoms with van der Waals surface area (Å²) >= 11 is 0. The van der Waals surface area contributed by atoms with E-state index in [1.54, 1.807) is 24.0 Å². The van der Waals surface area contributed by atoms with Crippen molar-refractivity contribution in [2.24, 2.45) is 18.7 Å². The van der Waals surface area contributed by atoms with Crippen molar-refractivity contribution < 1.29 is 4.79 Å². The van der Waals surface area contributed by atoms with Crippen molar-refractivity contribution in [2.75, 3.05) is 13.1 Å². The monoisotopic (exact) mass is 210 g/mol.